The summed E-state index contributed by atoms with van der Waals surface area (Å²) in [5.74, 6) is 2.55. The summed E-state index contributed by atoms with van der Waals surface area (Å²) < 4.78 is 23.3. The largest absolute Gasteiger partial charge is 0.381 e. The maximum absolute atomic E-state index is 15.7. The van der Waals surface area contributed by atoms with Gasteiger partial charge in [0.2, 0.25) is 0 Å². The van der Waals surface area contributed by atoms with E-state index < -0.39 is 0 Å². The highest BCUT2D eigenvalue weighted by Crippen LogP contribution is 2.45. The third-order valence-corrected chi connectivity index (χ3v) is 10.1. The fourth-order valence-corrected chi connectivity index (χ4v) is 7.90. The summed E-state index contributed by atoms with van der Waals surface area (Å²) in [5.41, 5.74) is 8.64. The molecule has 2 aromatic heterocycles. The number of ether oxygens (including phenoxy) is 1. The van der Waals surface area contributed by atoms with E-state index in [-0.39, 0.29) is 11.7 Å². The van der Waals surface area contributed by atoms with Crippen LogP contribution in [0.5, 0.6) is 0 Å². The zero-order valence-corrected chi connectivity index (χ0v) is 24.5. The van der Waals surface area contributed by atoms with Crippen LogP contribution >= 0.6 is 0 Å². The molecule has 1 saturated carbocycles. The average molecular weight is 556 g/mol. The fourth-order valence-electron chi connectivity index (χ4n) is 7.90. The maximum Gasteiger partial charge on any atom is 0.188 e. The van der Waals surface area contributed by atoms with Crippen molar-refractivity contribution >= 4 is 17.3 Å². The Bertz CT molecular complexity index is 1580. The molecule has 214 valence electrons. The lowest BCUT2D eigenvalue weighted by Crippen LogP contribution is -2.47. The number of hydrogen-bond donors (Lipinski definition) is 0. The zero-order valence-electron chi connectivity index (χ0n) is 24.5. The molecule has 41 heavy (non-hydrogen) atoms. The van der Waals surface area contributed by atoms with Crippen LogP contribution in [-0.2, 0) is 31.3 Å². The molecule has 5 aliphatic rings. The summed E-state index contributed by atoms with van der Waals surface area (Å²) in [6.07, 6.45) is 7.42. The minimum Gasteiger partial charge on any atom is -0.381 e. The van der Waals surface area contributed by atoms with Crippen LogP contribution in [0, 0.1) is 12.7 Å². The quantitative estimate of drug-likeness (QED) is 0.429. The summed E-state index contributed by atoms with van der Waals surface area (Å²) in [6, 6.07) is 5.16. The first-order valence-electron chi connectivity index (χ1n) is 15.2. The number of aromatic nitrogens is 4. The van der Waals surface area contributed by atoms with Crippen LogP contribution in [0.4, 0.5) is 16.0 Å². The number of aliphatic imine (C=N–C) groups is 1. The average Bonchev–Trinajstić information content (AvgIpc) is 3.62. The van der Waals surface area contributed by atoms with Gasteiger partial charge in [-0.1, -0.05) is 12.1 Å². The number of piperidine rings is 1. The molecular formula is C32H38FN7O. The second-order valence-corrected chi connectivity index (χ2v) is 12.7. The van der Waals surface area contributed by atoms with Gasteiger partial charge in [0, 0.05) is 74.1 Å². The predicted octanol–water partition coefficient (Wildman–Crippen LogP) is 5.23. The Hall–Kier alpha value is -3.33. The molecule has 4 aliphatic heterocycles. The lowest BCUT2D eigenvalue weighted by Gasteiger charge is -2.41. The van der Waals surface area contributed by atoms with Crippen molar-refractivity contribution in [1.82, 2.24) is 19.7 Å². The molecule has 2 bridgehead atoms. The van der Waals surface area contributed by atoms with Crippen LogP contribution in [0.15, 0.2) is 17.1 Å². The van der Waals surface area contributed by atoms with Crippen LogP contribution in [-0.4, -0.2) is 57.3 Å². The number of rotatable bonds is 5. The van der Waals surface area contributed by atoms with Gasteiger partial charge in [0.05, 0.1) is 18.3 Å². The van der Waals surface area contributed by atoms with Crippen molar-refractivity contribution in [1.29, 1.82) is 0 Å². The van der Waals surface area contributed by atoms with Crippen LogP contribution in [0.25, 0.3) is 11.4 Å². The van der Waals surface area contributed by atoms with E-state index in [0.29, 0.717) is 42.8 Å². The van der Waals surface area contributed by atoms with E-state index in [4.69, 9.17) is 19.7 Å². The molecule has 8 rings (SSSR count). The normalized spacial score (nSPS) is 25.0. The second kappa shape index (κ2) is 9.34. The first-order valence-corrected chi connectivity index (χ1v) is 15.2. The number of methoxy groups -OCH3 is 1. The molecule has 2 saturated heterocycles. The number of anilines is 2. The van der Waals surface area contributed by atoms with Crippen molar-refractivity contribution in [2.24, 2.45) is 12.0 Å². The lowest BCUT2D eigenvalue weighted by atomic mass is 9.94. The smallest absolute Gasteiger partial charge is 0.188 e. The number of benzene rings is 1. The Labute approximate surface area is 240 Å². The Kier molecular flexibility index (Phi) is 5.78. The van der Waals surface area contributed by atoms with E-state index in [2.05, 4.69) is 40.9 Å². The highest BCUT2D eigenvalue weighted by atomic mass is 19.1. The van der Waals surface area contributed by atoms with Gasteiger partial charge in [-0.3, -0.25) is 4.99 Å². The van der Waals surface area contributed by atoms with Gasteiger partial charge in [-0.05, 0) is 63.5 Å². The molecule has 3 fully saturated rings. The third-order valence-electron chi connectivity index (χ3n) is 10.1. The van der Waals surface area contributed by atoms with Crippen molar-refractivity contribution in [3.05, 3.63) is 51.6 Å². The third kappa shape index (κ3) is 3.95. The van der Waals surface area contributed by atoms with Gasteiger partial charge in [-0.15, -0.1) is 0 Å². The highest BCUT2D eigenvalue weighted by Gasteiger charge is 2.44. The fraction of sp³-hybridized carbons (Fsp3) is 0.562. The summed E-state index contributed by atoms with van der Waals surface area (Å²) >= 11 is 0. The number of fused-ring (bicyclic) bond motifs is 4. The van der Waals surface area contributed by atoms with Crippen molar-refractivity contribution in [3.63, 3.8) is 0 Å². The van der Waals surface area contributed by atoms with E-state index >= 15 is 4.39 Å². The molecule has 6 heterocycles. The van der Waals surface area contributed by atoms with E-state index in [1.807, 2.05) is 14.2 Å². The minimum atomic E-state index is -0.149. The molecule has 1 aromatic carbocycles. The van der Waals surface area contributed by atoms with Crippen molar-refractivity contribution in [2.45, 2.75) is 96.0 Å². The van der Waals surface area contributed by atoms with Crippen LogP contribution in [0.3, 0.4) is 0 Å². The monoisotopic (exact) mass is 555 g/mol. The molecule has 8 nitrogen and oxygen atoms in total. The van der Waals surface area contributed by atoms with Crippen molar-refractivity contribution in [2.75, 3.05) is 23.5 Å². The topological polar surface area (TPSA) is 71.7 Å². The Balaban J connectivity index is 1.26. The molecule has 0 N–H and O–H groups in total. The van der Waals surface area contributed by atoms with Crippen molar-refractivity contribution in [3.8, 4) is 11.4 Å². The SMILES string of the molecule is CO[C@H]1C[C@H]2CC[C@@H](C1)N2c1nc(-c2c(C)ccc3c2C(C)=NC3)nc2c1CN(c1c(F)c(C3CC3)nn1C)CC2. The molecule has 0 spiro atoms. The number of aryl methyl sites for hydroxylation is 2. The number of halogens is 1. The number of nitrogens with zero attached hydrogens (tertiary/aromatic N) is 7. The molecule has 3 aromatic rings. The number of hydrogen-bond acceptors (Lipinski definition) is 7. The summed E-state index contributed by atoms with van der Waals surface area (Å²) in [7, 11) is 3.71. The second-order valence-electron chi connectivity index (χ2n) is 12.7. The standard InChI is InChI=1S/C32H38FN7O/c1-17-5-6-20-15-34-18(2)27(20)26(17)30-35-25-11-12-39(32-28(33)29(19-7-8-19)37-38(32)3)16-24(25)31(36-30)40-21-9-10-22(40)14-23(13-21)41-4/h5-6,19,21-23H,7-16H2,1-4H3/t21-,22+,23+. The van der Waals surface area contributed by atoms with E-state index in [9.17, 15) is 0 Å². The Morgan fingerprint density at radius 1 is 1.00 bits per heavy atom. The van der Waals surface area contributed by atoms with Crippen LogP contribution in [0.1, 0.15) is 85.0 Å². The van der Waals surface area contributed by atoms with Crippen LogP contribution in [0.2, 0.25) is 0 Å². The van der Waals surface area contributed by atoms with E-state index in [1.54, 1.807) is 4.68 Å². The Morgan fingerprint density at radius 2 is 1.78 bits per heavy atom. The lowest BCUT2D eigenvalue weighted by molar-refractivity contribution is 0.0681. The first-order chi connectivity index (χ1) is 19.9. The summed E-state index contributed by atoms with van der Waals surface area (Å²) in [6.45, 7) is 6.26. The van der Waals surface area contributed by atoms with Gasteiger partial charge in [-0.2, -0.15) is 5.10 Å². The minimum absolute atomic E-state index is 0.149. The molecule has 0 amide bonds. The van der Waals surface area contributed by atoms with Crippen LogP contribution < -0.4 is 9.80 Å². The summed E-state index contributed by atoms with van der Waals surface area (Å²) in [5, 5.41) is 4.60. The molecule has 1 aliphatic carbocycles. The zero-order chi connectivity index (χ0) is 28.0. The highest BCUT2D eigenvalue weighted by molar-refractivity contribution is 6.07. The Morgan fingerprint density at radius 3 is 2.51 bits per heavy atom. The maximum atomic E-state index is 15.7. The molecule has 3 atom stereocenters. The van der Waals surface area contributed by atoms with Gasteiger partial charge in [0.1, 0.15) is 11.5 Å². The van der Waals surface area contributed by atoms with E-state index in [0.717, 1.165) is 85.7 Å². The first kappa shape index (κ1) is 25.4. The molecule has 9 heteroatoms. The molecule has 0 unspecified atom stereocenters. The molecule has 0 radical (unpaired) electrons. The van der Waals surface area contributed by atoms with E-state index in [1.165, 1.54) is 16.7 Å². The predicted molar refractivity (Wildman–Crippen MR) is 157 cm³/mol. The van der Waals surface area contributed by atoms with Crippen molar-refractivity contribution < 1.29 is 9.13 Å². The van der Waals surface area contributed by atoms with Gasteiger partial charge in [0.15, 0.2) is 17.5 Å². The van der Waals surface area contributed by atoms with Gasteiger partial charge in [-0.25, -0.2) is 19.0 Å². The summed E-state index contributed by atoms with van der Waals surface area (Å²) in [4.78, 5) is 20.2. The van der Waals surface area contributed by atoms with Gasteiger partial charge < -0.3 is 14.5 Å². The van der Waals surface area contributed by atoms with Gasteiger partial charge in [0.25, 0.3) is 0 Å². The molecular weight excluding hydrogens is 517 g/mol. The van der Waals surface area contributed by atoms with Gasteiger partial charge >= 0.3 is 0 Å².